The molecule has 2 aromatic rings. The Kier molecular flexibility index (Phi) is 5.53. The third-order valence-electron chi connectivity index (χ3n) is 3.36. The van der Waals surface area contributed by atoms with E-state index in [4.69, 9.17) is 16.9 Å². The van der Waals surface area contributed by atoms with Crippen LogP contribution >= 0.6 is 11.6 Å². The van der Waals surface area contributed by atoms with Gasteiger partial charge in [0.2, 0.25) is 0 Å². The molecule has 0 atom stereocenters. The Bertz CT molecular complexity index is 921. The summed E-state index contributed by atoms with van der Waals surface area (Å²) >= 11 is 6.12. The predicted molar refractivity (Wildman–Crippen MR) is 91.6 cm³/mol. The first-order chi connectivity index (χ1) is 12.2. The topological polar surface area (TPSA) is 74.5 Å². The van der Waals surface area contributed by atoms with E-state index in [1.165, 1.54) is 12.1 Å². The number of benzene rings is 2. The van der Waals surface area contributed by atoms with Gasteiger partial charge in [-0.25, -0.2) is 9.79 Å². The molecule has 0 aliphatic rings. The van der Waals surface area contributed by atoms with Gasteiger partial charge in [-0.15, -0.1) is 13.2 Å². The summed E-state index contributed by atoms with van der Waals surface area (Å²) in [7, 11) is 0. The molecule has 1 N–H and O–H groups in total. The van der Waals surface area contributed by atoms with Gasteiger partial charge in [-0.2, -0.15) is 5.26 Å². The van der Waals surface area contributed by atoms with Gasteiger partial charge < -0.3 is 10.1 Å². The van der Waals surface area contributed by atoms with Crippen molar-refractivity contribution in [3.63, 3.8) is 0 Å². The van der Waals surface area contributed by atoms with Gasteiger partial charge in [0.15, 0.2) is 0 Å². The van der Waals surface area contributed by atoms with Crippen LogP contribution in [0, 0.1) is 18.3 Å². The van der Waals surface area contributed by atoms with Crippen molar-refractivity contribution >= 4 is 30.0 Å². The number of amides is 2. The molecule has 0 unspecified atom stereocenters. The lowest BCUT2D eigenvalue weighted by atomic mass is 9.99. The second-order valence-electron chi connectivity index (χ2n) is 5.08. The fourth-order valence-electron chi connectivity index (χ4n) is 2.19. The Morgan fingerprint density at radius 1 is 1.35 bits per heavy atom. The highest BCUT2D eigenvalue weighted by molar-refractivity contribution is 6.35. The molecule has 0 fully saturated rings. The average Bonchev–Trinajstić information content (AvgIpc) is 2.56. The fraction of sp³-hybridized carbons (Fsp3) is 0.118. The smallest absolute Gasteiger partial charge is 0.405 e. The molecule has 0 spiro atoms. The molecule has 0 aliphatic carbocycles. The summed E-state index contributed by atoms with van der Waals surface area (Å²) < 4.78 is 42.1. The Morgan fingerprint density at radius 2 is 2.04 bits per heavy atom. The van der Waals surface area contributed by atoms with Crippen molar-refractivity contribution in [2.75, 3.05) is 5.32 Å². The summed E-state index contributed by atoms with van der Waals surface area (Å²) in [5.74, 6) is -0.565. The van der Waals surface area contributed by atoms with Crippen LogP contribution in [0.4, 0.5) is 23.7 Å². The van der Waals surface area contributed by atoms with E-state index in [2.05, 4.69) is 21.8 Å². The van der Waals surface area contributed by atoms with Crippen molar-refractivity contribution < 1.29 is 22.7 Å². The van der Waals surface area contributed by atoms with E-state index in [1.807, 2.05) is 0 Å². The van der Waals surface area contributed by atoms with Gasteiger partial charge in [-0.3, -0.25) is 0 Å². The van der Waals surface area contributed by atoms with Crippen molar-refractivity contribution in [1.29, 1.82) is 5.26 Å². The van der Waals surface area contributed by atoms with Crippen molar-refractivity contribution in [2.45, 2.75) is 13.3 Å². The van der Waals surface area contributed by atoms with Crippen LogP contribution in [-0.2, 0) is 0 Å². The number of carbonyl (C=O) groups excluding carboxylic acids is 1. The number of aliphatic imine (C=N–C) groups is 1. The zero-order valence-corrected chi connectivity index (χ0v) is 14.1. The lowest BCUT2D eigenvalue weighted by Crippen LogP contribution is -2.17. The number of halogens is 4. The van der Waals surface area contributed by atoms with Crippen molar-refractivity contribution in [3.05, 3.63) is 46.5 Å². The van der Waals surface area contributed by atoms with Crippen LogP contribution in [0.1, 0.15) is 11.1 Å². The quantitative estimate of drug-likeness (QED) is 0.731. The molecule has 0 bridgehead atoms. The van der Waals surface area contributed by atoms with E-state index >= 15 is 0 Å². The van der Waals surface area contributed by atoms with Gasteiger partial charge in [0.05, 0.1) is 10.6 Å². The minimum Gasteiger partial charge on any atom is -0.405 e. The molecule has 9 heteroatoms. The summed E-state index contributed by atoms with van der Waals surface area (Å²) in [5, 5.41) is 11.3. The zero-order valence-electron chi connectivity index (χ0n) is 13.3. The van der Waals surface area contributed by atoms with Gasteiger partial charge in [0.1, 0.15) is 11.8 Å². The summed E-state index contributed by atoms with van der Waals surface area (Å²) in [6.45, 7) is 4.78. The highest BCUT2D eigenvalue weighted by atomic mass is 35.5. The number of nitrogens with one attached hydrogen (secondary N) is 1. The minimum atomic E-state index is -4.94. The molecule has 0 saturated heterocycles. The molecule has 0 saturated carbocycles. The van der Waals surface area contributed by atoms with Crippen LogP contribution in [0.25, 0.3) is 11.1 Å². The molecule has 0 heterocycles. The number of aryl methyl sites for hydroxylation is 1. The first-order valence-electron chi connectivity index (χ1n) is 7.03. The maximum Gasteiger partial charge on any atom is 0.573 e. The SMILES string of the molecule is C=NC(=O)Nc1cc(-c2c(OC(F)(F)F)ccc(C#N)c2Cl)ccc1C. The number of hydrogen-bond acceptors (Lipinski definition) is 3. The molecule has 0 radical (unpaired) electrons. The van der Waals surface area contributed by atoms with Crippen molar-refractivity contribution in [3.8, 4) is 22.9 Å². The molecule has 5 nitrogen and oxygen atoms in total. The summed E-state index contributed by atoms with van der Waals surface area (Å²) in [4.78, 5) is 14.6. The largest absolute Gasteiger partial charge is 0.573 e. The van der Waals surface area contributed by atoms with Gasteiger partial charge in [0.25, 0.3) is 0 Å². The number of nitriles is 1. The molecule has 2 amide bonds. The fourth-order valence-corrected chi connectivity index (χ4v) is 2.50. The monoisotopic (exact) mass is 381 g/mol. The second kappa shape index (κ2) is 7.45. The number of rotatable bonds is 3. The summed E-state index contributed by atoms with van der Waals surface area (Å²) in [6, 6.07) is 7.69. The number of hydrogen-bond donors (Lipinski definition) is 1. The van der Waals surface area contributed by atoms with Crippen LogP contribution < -0.4 is 10.1 Å². The van der Waals surface area contributed by atoms with Gasteiger partial charge in [-0.05, 0) is 43.0 Å². The van der Waals surface area contributed by atoms with Crippen LogP contribution in [0.15, 0.2) is 35.3 Å². The van der Waals surface area contributed by atoms with Crippen LogP contribution in [0.2, 0.25) is 5.02 Å². The zero-order chi connectivity index (χ0) is 19.5. The van der Waals surface area contributed by atoms with Crippen LogP contribution in [-0.4, -0.2) is 19.1 Å². The number of alkyl halides is 3. The Morgan fingerprint density at radius 3 is 2.62 bits per heavy atom. The summed E-state index contributed by atoms with van der Waals surface area (Å²) in [6.07, 6.45) is -4.94. The Labute approximate surface area is 151 Å². The number of anilines is 1. The lowest BCUT2D eigenvalue weighted by Gasteiger charge is -2.16. The standard InChI is InChI=1S/C17H11ClF3N3O2/c1-9-3-4-10(7-12(9)24-16(25)23-2)14-13(26-17(19,20)21)6-5-11(8-22)15(14)18/h3-7H,2H2,1H3,(H,24,25). The third-order valence-corrected chi connectivity index (χ3v) is 3.75. The lowest BCUT2D eigenvalue weighted by molar-refractivity contribution is -0.274. The van der Waals surface area contributed by atoms with Gasteiger partial charge in [0, 0.05) is 11.3 Å². The van der Waals surface area contributed by atoms with Crippen molar-refractivity contribution in [1.82, 2.24) is 0 Å². The number of urea groups is 1. The Hall–Kier alpha value is -3.05. The Balaban J connectivity index is 2.66. The third kappa shape index (κ3) is 4.32. The van der Waals surface area contributed by atoms with Crippen LogP contribution in [0.3, 0.4) is 0 Å². The number of carbonyl (C=O) groups is 1. The van der Waals surface area contributed by atoms with Gasteiger partial charge >= 0.3 is 12.4 Å². The maximum atomic E-state index is 12.7. The maximum absolute atomic E-state index is 12.7. The van der Waals surface area contributed by atoms with E-state index in [0.717, 1.165) is 12.1 Å². The van der Waals surface area contributed by atoms with Crippen LogP contribution in [0.5, 0.6) is 5.75 Å². The summed E-state index contributed by atoms with van der Waals surface area (Å²) in [5.41, 5.74) is 1.02. The highest BCUT2D eigenvalue weighted by Gasteiger charge is 2.33. The highest BCUT2D eigenvalue weighted by Crippen LogP contribution is 2.41. The number of ether oxygens (including phenoxy) is 1. The van der Waals surface area contributed by atoms with Crippen molar-refractivity contribution in [2.24, 2.45) is 4.99 Å². The molecule has 0 aliphatic heterocycles. The second-order valence-corrected chi connectivity index (χ2v) is 5.46. The van der Waals surface area contributed by atoms with E-state index in [-0.39, 0.29) is 21.7 Å². The molecule has 2 aromatic carbocycles. The molecular weight excluding hydrogens is 371 g/mol. The number of nitrogens with zero attached hydrogens (tertiary/aromatic N) is 2. The predicted octanol–water partition coefficient (Wildman–Crippen LogP) is 5.32. The van der Waals surface area contributed by atoms with E-state index in [1.54, 1.807) is 19.1 Å². The molecular formula is C17H11ClF3N3O2. The van der Waals surface area contributed by atoms with E-state index < -0.39 is 18.1 Å². The molecule has 26 heavy (non-hydrogen) atoms. The molecule has 0 aromatic heterocycles. The first-order valence-corrected chi connectivity index (χ1v) is 7.41. The minimum absolute atomic E-state index is 0.0184. The first kappa shape index (κ1) is 19.3. The van der Waals surface area contributed by atoms with Gasteiger partial charge in [-0.1, -0.05) is 23.7 Å². The normalized spacial score (nSPS) is 10.8. The average molecular weight is 382 g/mol. The van der Waals surface area contributed by atoms with E-state index in [0.29, 0.717) is 11.3 Å². The molecule has 134 valence electrons. The molecule has 2 rings (SSSR count). The van der Waals surface area contributed by atoms with E-state index in [9.17, 15) is 18.0 Å².